The zero-order chi connectivity index (χ0) is 11.7. The number of benzene rings is 1. The molecule has 0 bridgehead atoms. The zero-order valence-corrected chi connectivity index (χ0v) is 8.93. The predicted molar refractivity (Wildman–Crippen MR) is 56.1 cm³/mol. The summed E-state index contributed by atoms with van der Waals surface area (Å²) >= 11 is 1.19. The largest absolute Gasteiger partial charge is 0.480 e. The molecule has 2 N–H and O–H groups in total. The lowest BCUT2D eigenvalue weighted by Gasteiger charge is -2.12. The summed E-state index contributed by atoms with van der Waals surface area (Å²) in [7, 11) is 0. The first-order chi connectivity index (χ1) is 7.59. The van der Waals surface area contributed by atoms with E-state index in [1.54, 1.807) is 0 Å². The maximum Gasteiger partial charge on any atom is 0.321 e. The topological polar surface area (TPSA) is 49.3 Å². The number of hydrogen-bond donors (Lipinski definition) is 2. The predicted octanol–water partition coefficient (Wildman–Crippen LogP) is 1.75. The lowest BCUT2D eigenvalue weighted by molar-refractivity contribution is -0.138. The molecule has 0 amide bonds. The van der Waals surface area contributed by atoms with Crippen molar-refractivity contribution in [1.29, 1.82) is 0 Å². The summed E-state index contributed by atoms with van der Waals surface area (Å²) in [5.41, 5.74) is -0.101. The van der Waals surface area contributed by atoms with Crippen molar-refractivity contribution in [3.05, 3.63) is 35.4 Å². The zero-order valence-electron chi connectivity index (χ0n) is 8.11. The summed E-state index contributed by atoms with van der Waals surface area (Å²) in [6.07, 6.45) is 0. The Bertz CT molecular complexity index is 407. The first-order valence-electron chi connectivity index (χ1n) is 4.64. The molecule has 16 heavy (non-hydrogen) atoms. The number of carboxylic acid groups (broad SMARTS) is 1. The Morgan fingerprint density at radius 3 is 2.56 bits per heavy atom. The Kier molecular flexibility index (Phi) is 3.11. The molecule has 1 aromatic rings. The SMILES string of the molecule is O=C(O)[C@@H]1CSC(c2c(F)cccc2F)N1. The normalized spacial score (nSPS) is 24.6. The molecule has 1 fully saturated rings. The van der Waals surface area contributed by atoms with Crippen LogP contribution in [0.1, 0.15) is 10.9 Å². The van der Waals surface area contributed by atoms with Gasteiger partial charge in [-0.15, -0.1) is 11.8 Å². The van der Waals surface area contributed by atoms with Gasteiger partial charge in [-0.05, 0) is 12.1 Å². The third-order valence-electron chi connectivity index (χ3n) is 2.34. The van der Waals surface area contributed by atoms with Crippen LogP contribution in [-0.4, -0.2) is 22.9 Å². The molecular formula is C10H9F2NO2S. The monoisotopic (exact) mass is 245 g/mol. The van der Waals surface area contributed by atoms with Gasteiger partial charge in [-0.1, -0.05) is 6.07 Å². The molecule has 0 aromatic heterocycles. The highest BCUT2D eigenvalue weighted by molar-refractivity contribution is 7.99. The summed E-state index contributed by atoms with van der Waals surface area (Å²) in [5.74, 6) is -2.02. The number of halogens is 2. The lowest BCUT2D eigenvalue weighted by atomic mass is 10.2. The molecule has 2 atom stereocenters. The Morgan fingerprint density at radius 1 is 1.44 bits per heavy atom. The van der Waals surface area contributed by atoms with Crippen molar-refractivity contribution in [2.45, 2.75) is 11.4 Å². The smallest absolute Gasteiger partial charge is 0.321 e. The summed E-state index contributed by atoms with van der Waals surface area (Å²) in [6.45, 7) is 0. The molecule has 0 saturated carbocycles. The molecule has 1 aromatic carbocycles. The Hall–Kier alpha value is -1.14. The van der Waals surface area contributed by atoms with E-state index in [9.17, 15) is 13.6 Å². The molecule has 1 saturated heterocycles. The van der Waals surface area contributed by atoms with Crippen LogP contribution in [0.4, 0.5) is 8.78 Å². The molecule has 0 radical (unpaired) electrons. The number of hydrogen-bond acceptors (Lipinski definition) is 3. The highest BCUT2D eigenvalue weighted by Crippen LogP contribution is 2.35. The van der Waals surface area contributed by atoms with Gasteiger partial charge in [0.2, 0.25) is 0 Å². The van der Waals surface area contributed by atoms with Gasteiger partial charge in [0.15, 0.2) is 0 Å². The van der Waals surface area contributed by atoms with Gasteiger partial charge in [0.1, 0.15) is 17.7 Å². The average molecular weight is 245 g/mol. The maximum atomic E-state index is 13.4. The fourth-order valence-electron chi connectivity index (χ4n) is 1.54. The summed E-state index contributed by atoms with van der Waals surface area (Å²) < 4.78 is 26.8. The van der Waals surface area contributed by atoms with Crippen LogP contribution in [0, 0.1) is 11.6 Å². The quantitative estimate of drug-likeness (QED) is 0.833. The molecule has 86 valence electrons. The van der Waals surface area contributed by atoms with Gasteiger partial charge in [-0.2, -0.15) is 0 Å². The van der Waals surface area contributed by atoms with E-state index in [1.807, 2.05) is 0 Å². The van der Waals surface area contributed by atoms with Gasteiger partial charge in [0.05, 0.1) is 10.9 Å². The Balaban J connectivity index is 2.24. The molecule has 1 heterocycles. The van der Waals surface area contributed by atoms with Crippen molar-refractivity contribution in [3.63, 3.8) is 0 Å². The van der Waals surface area contributed by atoms with Gasteiger partial charge >= 0.3 is 5.97 Å². The first-order valence-corrected chi connectivity index (χ1v) is 5.69. The van der Waals surface area contributed by atoms with Gasteiger partial charge in [-0.25, -0.2) is 8.78 Å². The summed E-state index contributed by atoms with van der Waals surface area (Å²) in [4.78, 5) is 10.7. The van der Waals surface area contributed by atoms with Crippen LogP contribution in [0.5, 0.6) is 0 Å². The van der Waals surface area contributed by atoms with Gasteiger partial charge in [0, 0.05) is 5.75 Å². The van der Waals surface area contributed by atoms with Crippen LogP contribution in [0.3, 0.4) is 0 Å². The van der Waals surface area contributed by atoms with Gasteiger partial charge in [-0.3, -0.25) is 10.1 Å². The van der Waals surface area contributed by atoms with Crippen LogP contribution in [0.2, 0.25) is 0 Å². The van der Waals surface area contributed by atoms with Gasteiger partial charge < -0.3 is 5.11 Å². The highest BCUT2D eigenvalue weighted by Gasteiger charge is 2.33. The minimum Gasteiger partial charge on any atom is -0.480 e. The van der Waals surface area contributed by atoms with Crippen LogP contribution < -0.4 is 5.32 Å². The Morgan fingerprint density at radius 2 is 2.06 bits per heavy atom. The van der Waals surface area contributed by atoms with Crippen molar-refractivity contribution >= 4 is 17.7 Å². The van der Waals surface area contributed by atoms with E-state index < -0.39 is 29.0 Å². The van der Waals surface area contributed by atoms with Crippen LogP contribution >= 0.6 is 11.8 Å². The van der Waals surface area contributed by atoms with E-state index >= 15 is 0 Å². The van der Waals surface area contributed by atoms with Crippen molar-refractivity contribution in [1.82, 2.24) is 5.32 Å². The number of aliphatic carboxylic acids is 1. The van der Waals surface area contributed by atoms with Crippen molar-refractivity contribution < 1.29 is 18.7 Å². The maximum absolute atomic E-state index is 13.4. The first kappa shape index (κ1) is 11.3. The lowest BCUT2D eigenvalue weighted by Crippen LogP contribution is -2.34. The van der Waals surface area contributed by atoms with E-state index in [-0.39, 0.29) is 5.56 Å². The molecule has 6 heteroatoms. The minimum absolute atomic E-state index is 0.101. The molecule has 0 aliphatic carbocycles. The van der Waals surface area contributed by atoms with E-state index in [0.29, 0.717) is 5.75 Å². The number of rotatable bonds is 2. The fourth-order valence-corrected chi connectivity index (χ4v) is 2.82. The van der Waals surface area contributed by atoms with E-state index in [2.05, 4.69) is 5.32 Å². The van der Waals surface area contributed by atoms with Crippen molar-refractivity contribution in [3.8, 4) is 0 Å². The minimum atomic E-state index is -1.01. The second-order valence-corrected chi connectivity index (χ2v) is 4.54. The third-order valence-corrected chi connectivity index (χ3v) is 3.57. The second kappa shape index (κ2) is 4.39. The number of carboxylic acids is 1. The number of carbonyl (C=O) groups is 1. The third kappa shape index (κ3) is 2.03. The fraction of sp³-hybridized carbons (Fsp3) is 0.300. The molecule has 3 nitrogen and oxygen atoms in total. The molecular weight excluding hydrogens is 236 g/mol. The molecule has 1 unspecified atom stereocenters. The average Bonchev–Trinajstić information content (AvgIpc) is 2.66. The van der Waals surface area contributed by atoms with E-state index in [1.165, 1.54) is 17.8 Å². The van der Waals surface area contributed by atoms with E-state index in [4.69, 9.17) is 5.11 Å². The molecule has 1 aliphatic rings. The molecule has 1 aliphatic heterocycles. The highest BCUT2D eigenvalue weighted by atomic mass is 32.2. The summed E-state index contributed by atoms with van der Waals surface area (Å²) in [6, 6.07) is 2.85. The molecule has 0 spiro atoms. The van der Waals surface area contributed by atoms with Crippen LogP contribution in [0.15, 0.2) is 18.2 Å². The van der Waals surface area contributed by atoms with Crippen molar-refractivity contribution in [2.75, 3.05) is 5.75 Å². The second-order valence-electron chi connectivity index (χ2n) is 3.41. The van der Waals surface area contributed by atoms with Gasteiger partial charge in [0.25, 0.3) is 0 Å². The number of thioether (sulfide) groups is 1. The molecule has 2 rings (SSSR count). The standard InChI is InChI=1S/C10H9F2NO2S/c11-5-2-1-3-6(12)8(5)9-13-7(4-16-9)10(14)15/h1-3,7,9,13H,4H2,(H,14,15)/t7-,9?/m0/s1. The summed E-state index contributed by atoms with van der Waals surface area (Å²) in [5, 5.41) is 10.8. The van der Waals surface area contributed by atoms with Crippen LogP contribution in [0.25, 0.3) is 0 Å². The Labute approximate surface area is 94.8 Å². The van der Waals surface area contributed by atoms with E-state index in [0.717, 1.165) is 12.1 Å². The van der Waals surface area contributed by atoms with Crippen LogP contribution in [-0.2, 0) is 4.79 Å². The number of nitrogens with one attached hydrogen (secondary N) is 1. The van der Waals surface area contributed by atoms with Crippen molar-refractivity contribution in [2.24, 2.45) is 0 Å².